The second-order valence-electron chi connectivity index (χ2n) is 4.01. The van der Waals surface area contributed by atoms with Gasteiger partial charge in [-0.3, -0.25) is 10.1 Å². The Morgan fingerprint density at radius 1 is 1.56 bits per heavy atom. The lowest BCUT2D eigenvalue weighted by Crippen LogP contribution is -2.27. The van der Waals surface area contributed by atoms with E-state index >= 15 is 0 Å². The van der Waals surface area contributed by atoms with E-state index in [9.17, 15) is 10.1 Å². The number of nitro groups is 1. The van der Waals surface area contributed by atoms with Crippen LogP contribution in [0.25, 0.3) is 0 Å². The third-order valence-electron chi connectivity index (χ3n) is 2.21. The van der Waals surface area contributed by atoms with Crippen LogP contribution in [-0.4, -0.2) is 24.1 Å². The van der Waals surface area contributed by atoms with Crippen molar-refractivity contribution in [1.29, 1.82) is 5.26 Å². The quantitative estimate of drug-likeness (QED) is 0.472. The highest BCUT2D eigenvalue weighted by molar-refractivity contribution is 5.52. The zero-order chi connectivity index (χ0) is 13.5. The van der Waals surface area contributed by atoms with Crippen molar-refractivity contribution in [2.45, 2.75) is 19.9 Å². The van der Waals surface area contributed by atoms with Crippen molar-refractivity contribution in [3.8, 4) is 11.8 Å². The first-order valence-corrected chi connectivity index (χ1v) is 5.59. The average molecular weight is 249 g/mol. The maximum Gasteiger partial charge on any atom is 0.287 e. The molecule has 0 unspecified atom stereocenters. The highest BCUT2D eigenvalue weighted by atomic mass is 16.6. The van der Waals surface area contributed by atoms with E-state index in [2.05, 4.69) is 5.32 Å². The first kappa shape index (κ1) is 13.9. The summed E-state index contributed by atoms with van der Waals surface area (Å²) < 4.78 is 5.40. The molecule has 1 aromatic carbocycles. The van der Waals surface area contributed by atoms with Crippen LogP contribution in [0.2, 0.25) is 0 Å². The van der Waals surface area contributed by atoms with E-state index in [0.717, 1.165) is 0 Å². The van der Waals surface area contributed by atoms with Gasteiger partial charge in [-0.2, -0.15) is 5.26 Å². The molecular formula is C12H15N3O3. The summed E-state index contributed by atoms with van der Waals surface area (Å²) in [6, 6.07) is 6.32. The molecule has 0 fully saturated rings. The molecule has 0 aliphatic carbocycles. The van der Waals surface area contributed by atoms with E-state index in [0.29, 0.717) is 24.9 Å². The molecule has 18 heavy (non-hydrogen) atoms. The Bertz CT molecular complexity index is 466. The number of rotatable bonds is 6. The number of nitro benzene ring substituents is 1. The third-order valence-corrected chi connectivity index (χ3v) is 2.21. The predicted octanol–water partition coefficient (Wildman–Crippen LogP) is 1.84. The summed E-state index contributed by atoms with van der Waals surface area (Å²) in [6.07, 6.45) is 0. The lowest BCUT2D eigenvalue weighted by atomic mass is 10.2. The number of hydrogen-bond donors (Lipinski definition) is 1. The fourth-order valence-corrected chi connectivity index (χ4v) is 1.37. The molecule has 1 aromatic rings. The van der Waals surface area contributed by atoms with Crippen molar-refractivity contribution in [3.63, 3.8) is 0 Å². The van der Waals surface area contributed by atoms with Crippen LogP contribution in [0.3, 0.4) is 0 Å². The number of nitrogens with one attached hydrogen (secondary N) is 1. The summed E-state index contributed by atoms with van der Waals surface area (Å²) in [4.78, 5) is 10.1. The lowest BCUT2D eigenvalue weighted by Gasteiger charge is -2.09. The van der Waals surface area contributed by atoms with Gasteiger partial charge in [0.2, 0.25) is 0 Å². The highest BCUT2D eigenvalue weighted by Crippen LogP contribution is 2.23. The van der Waals surface area contributed by atoms with Crippen LogP contribution < -0.4 is 10.1 Å². The molecule has 0 saturated heterocycles. The van der Waals surface area contributed by atoms with Crippen molar-refractivity contribution >= 4 is 5.69 Å². The smallest absolute Gasteiger partial charge is 0.287 e. The molecule has 0 bridgehead atoms. The van der Waals surface area contributed by atoms with Crippen molar-refractivity contribution < 1.29 is 9.66 Å². The molecule has 0 aromatic heterocycles. The fraction of sp³-hybridized carbons (Fsp3) is 0.417. The van der Waals surface area contributed by atoms with E-state index in [1.54, 1.807) is 6.07 Å². The van der Waals surface area contributed by atoms with Crippen molar-refractivity contribution in [1.82, 2.24) is 5.32 Å². The Hall–Kier alpha value is -2.13. The van der Waals surface area contributed by atoms with E-state index in [-0.39, 0.29) is 11.3 Å². The van der Waals surface area contributed by atoms with Gasteiger partial charge in [0.05, 0.1) is 4.92 Å². The van der Waals surface area contributed by atoms with Crippen LogP contribution in [0.4, 0.5) is 5.69 Å². The molecule has 0 saturated carbocycles. The van der Waals surface area contributed by atoms with Crippen LogP contribution in [-0.2, 0) is 0 Å². The Morgan fingerprint density at radius 2 is 2.28 bits per heavy atom. The van der Waals surface area contributed by atoms with Crippen molar-refractivity contribution in [3.05, 3.63) is 33.9 Å². The average Bonchev–Trinajstić information content (AvgIpc) is 2.33. The Morgan fingerprint density at radius 3 is 2.83 bits per heavy atom. The van der Waals surface area contributed by atoms with Gasteiger partial charge < -0.3 is 10.1 Å². The van der Waals surface area contributed by atoms with Crippen molar-refractivity contribution in [2.24, 2.45) is 0 Å². The van der Waals surface area contributed by atoms with E-state index in [1.165, 1.54) is 18.2 Å². The first-order valence-electron chi connectivity index (χ1n) is 5.59. The summed E-state index contributed by atoms with van der Waals surface area (Å²) >= 11 is 0. The van der Waals surface area contributed by atoms with Crippen LogP contribution in [0.15, 0.2) is 18.2 Å². The molecule has 0 amide bonds. The molecule has 0 atom stereocenters. The minimum absolute atomic E-state index is 0.00863. The van der Waals surface area contributed by atoms with Gasteiger partial charge in [-0.1, -0.05) is 13.8 Å². The second kappa shape index (κ2) is 6.57. The van der Waals surface area contributed by atoms with Gasteiger partial charge >= 0.3 is 0 Å². The van der Waals surface area contributed by atoms with Gasteiger partial charge in [-0.25, -0.2) is 0 Å². The first-order chi connectivity index (χ1) is 8.54. The number of benzene rings is 1. The fourth-order valence-electron chi connectivity index (χ4n) is 1.37. The van der Waals surface area contributed by atoms with E-state index in [4.69, 9.17) is 10.00 Å². The topological polar surface area (TPSA) is 88.2 Å². The minimum atomic E-state index is -0.581. The minimum Gasteiger partial charge on any atom is -0.492 e. The molecule has 6 heteroatoms. The monoisotopic (exact) mass is 249 g/mol. The number of nitriles is 1. The summed E-state index contributed by atoms with van der Waals surface area (Å²) in [7, 11) is 0. The summed E-state index contributed by atoms with van der Waals surface area (Å²) in [5.74, 6) is 0.461. The molecule has 0 spiro atoms. The van der Waals surface area contributed by atoms with Crippen molar-refractivity contribution in [2.75, 3.05) is 13.2 Å². The van der Waals surface area contributed by atoms with E-state index < -0.39 is 4.92 Å². The SMILES string of the molecule is CC(C)NCCOc1ccc([N+](=O)[O-])c(C#N)c1. The molecule has 0 radical (unpaired) electrons. The van der Waals surface area contributed by atoms with Crippen LogP contribution in [0, 0.1) is 21.4 Å². The lowest BCUT2D eigenvalue weighted by molar-refractivity contribution is -0.385. The zero-order valence-electron chi connectivity index (χ0n) is 10.3. The molecule has 6 nitrogen and oxygen atoms in total. The molecular weight excluding hydrogens is 234 g/mol. The van der Waals surface area contributed by atoms with E-state index in [1.807, 2.05) is 13.8 Å². The molecule has 0 aliphatic heterocycles. The number of hydrogen-bond acceptors (Lipinski definition) is 5. The number of nitrogens with zero attached hydrogens (tertiary/aromatic N) is 2. The normalized spacial score (nSPS) is 10.1. The van der Waals surface area contributed by atoms with Gasteiger partial charge in [0.15, 0.2) is 0 Å². The Balaban J connectivity index is 2.63. The summed E-state index contributed by atoms with van der Waals surface area (Å²) in [6.45, 7) is 5.18. The third kappa shape index (κ3) is 4.03. The van der Waals surface area contributed by atoms with Crippen LogP contribution in [0.5, 0.6) is 5.75 Å². The standard InChI is InChI=1S/C12H15N3O3/c1-9(2)14-5-6-18-11-3-4-12(15(16)17)10(7-11)8-13/h3-4,7,9,14H,5-6H2,1-2H3. The molecule has 1 N–H and O–H groups in total. The zero-order valence-corrected chi connectivity index (χ0v) is 10.3. The maximum atomic E-state index is 10.6. The molecule has 1 rings (SSSR count). The van der Waals surface area contributed by atoms with Crippen LogP contribution in [0.1, 0.15) is 19.4 Å². The van der Waals surface area contributed by atoms with Gasteiger partial charge in [0.1, 0.15) is 24.0 Å². The van der Waals surface area contributed by atoms with Gasteiger partial charge in [0.25, 0.3) is 5.69 Å². The largest absolute Gasteiger partial charge is 0.492 e. The molecule has 0 aliphatic rings. The second-order valence-corrected chi connectivity index (χ2v) is 4.01. The summed E-state index contributed by atoms with van der Waals surface area (Å²) in [5.41, 5.74) is -0.195. The maximum absolute atomic E-state index is 10.6. The van der Waals surface area contributed by atoms with Gasteiger partial charge in [-0.05, 0) is 6.07 Å². The number of ether oxygens (including phenoxy) is 1. The Labute approximate surface area is 105 Å². The Kier molecular flexibility index (Phi) is 5.08. The van der Waals surface area contributed by atoms with Crippen LogP contribution >= 0.6 is 0 Å². The van der Waals surface area contributed by atoms with Gasteiger partial charge in [0, 0.05) is 24.7 Å². The summed E-state index contributed by atoms with van der Waals surface area (Å²) in [5, 5.41) is 22.6. The van der Waals surface area contributed by atoms with Gasteiger partial charge in [-0.15, -0.1) is 0 Å². The molecule has 0 heterocycles. The highest BCUT2D eigenvalue weighted by Gasteiger charge is 2.13. The predicted molar refractivity (Wildman–Crippen MR) is 66.4 cm³/mol. The molecule has 96 valence electrons.